The van der Waals surface area contributed by atoms with Crippen LogP contribution in [0.15, 0.2) is 36.5 Å². The molecule has 1 aromatic heterocycles. The van der Waals surface area contributed by atoms with Gasteiger partial charge in [0.05, 0.1) is 5.69 Å². The van der Waals surface area contributed by atoms with E-state index in [1.807, 2.05) is 36.1 Å². The van der Waals surface area contributed by atoms with Crippen LogP contribution in [-0.2, 0) is 0 Å². The van der Waals surface area contributed by atoms with Crippen LogP contribution in [0.1, 0.15) is 5.56 Å². The van der Waals surface area contributed by atoms with Gasteiger partial charge in [0.25, 0.3) is 0 Å². The molecule has 1 aromatic carbocycles. The first-order valence-electron chi connectivity index (χ1n) is 4.60. The molecule has 0 aliphatic heterocycles. The molecule has 0 saturated heterocycles. The quantitative estimate of drug-likeness (QED) is 0.781. The fourth-order valence-electron chi connectivity index (χ4n) is 1.37. The van der Waals surface area contributed by atoms with Crippen molar-refractivity contribution in [2.75, 3.05) is 12.4 Å². The molecule has 0 fully saturated rings. The van der Waals surface area contributed by atoms with Crippen LogP contribution >= 0.6 is 0 Å². The highest BCUT2D eigenvalue weighted by Gasteiger charge is 1.98. The second kappa shape index (κ2) is 3.54. The van der Waals surface area contributed by atoms with Crippen LogP contribution in [-0.4, -0.2) is 16.8 Å². The third-order valence-corrected chi connectivity index (χ3v) is 2.11. The minimum absolute atomic E-state index is 0.881. The maximum atomic E-state index is 4.35. The Labute approximate surface area is 83.4 Å². The van der Waals surface area contributed by atoms with Gasteiger partial charge in [0.1, 0.15) is 5.82 Å². The van der Waals surface area contributed by atoms with Gasteiger partial charge in [-0.25, -0.2) is 4.68 Å². The third kappa shape index (κ3) is 1.62. The van der Waals surface area contributed by atoms with Gasteiger partial charge in [0, 0.05) is 19.3 Å². The van der Waals surface area contributed by atoms with Gasteiger partial charge in [0.15, 0.2) is 0 Å². The molecule has 1 N–H and O–H groups in total. The normalized spacial score (nSPS) is 10.1. The van der Waals surface area contributed by atoms with E-state index in [0.29, 0.717) is 0 Å². The zero-order valence-electron chi connectivity index (χ0n) is 8.36. The molecule has 0 aliphatic carbocycles. The number of hydrogen-bond acceptors (Lipinski definition) is 2. The number of nitrogens with zero attached hydrogens (tertiary/aromatic N) is 2. The smallest absolute Gasteiger partial charge is 0.148 e. The average molecular weight is 187 g/mol. The van der Waals surface area contributed by atoms with Gasteiger partial charge in [-0.2, -0.15) is 5.10 Å². The largest absolute Gasteiger partial charge is 0.372 e. The molecule has 0 spiro atoms. The predicted molar refractivity (Wildman–Crippen MR) is 57.8 cm³/mol. The Morgan fingerprint density at radius 3 is 2.79 bits per heavy atom. The summed E-state index contributed by atoms with van der Waals surface area (Å²) in [5.74, 6) is 0.881. The lowest BCUT2D eigenvalue weighted by atomic mass is 10.2. The first-order chi connectivity index (χ1) is 6.79. The van der Waals surface area contributed by atoms with Crippen molar-refractivity contribution in [1.29, 1.82) is 0 Å². The highest BCUT2D eigenvalue weighted by atomic mass is 15.3. The number of rotatable bonds is 2. The van der Waals surface area contributed by atoms with Gasteiger partial charge in [-0.3, -0.25) is 0 Å². The molecule has 2 rings (SSSR count). The lowest BCUT2D eigenvalue weighted by Crippen LogP contribution is -1.96. The molecule has 72 valence electrons. The summed E-state index contributed by atoms with van der Waals surface area (Å²) < 4.78 is 1.86. The molecular weight excluding hydrogens is 174 g/mol. The van der Waals surface area contributed by atoms with Crippen molar-refractivity contribution in [3.8, 4) is 5.69 Å². The average Bonchev–Trinajstić information content (AvgIpc) is 2.66. The second-order valence-electron chi connectivity index (χ2n) is 3.23. The Morgan fingerprint density at radius 2 is 2.14 bits per heavy atom. The van der Waals surface area contributed by atoms with Gasteiger partial charge >= 0.3 is 0 Å². The molecule has 3 nitrogen and oxygen atoms in total. The lowest BCUT2D eigenvalue weighted by molar-refractivity contribution is 0.881. The van der Waals surface area contributed by atoms with Crippen molar-refractivity contribution in [3.05, 3.63) is 42.1 Å². The predicted octanol–water partition coefficient (Wildman–Crippen LogP) is 2.22. The van der Waals surface area contributed by atoms with Crippen LogP contribution in [0, 0.1) is 6.92 Å². The SMILES string of the molecule is CNc1ccn(-c2cccc(C)c2)n1. The fraction of sp³-hybridized carbons (Fsp3) is 0.182. The number of aromatic nitrogens is 2. The third-order valence-electron chi connectivity index (χ3n) is 2.11. The van der Waals surface area contributed by atoms with Crippen LogP contribution in [0.3, 0.4) is 0 Å². The highest BCUT2D eigenvalue weighted by Crippen LogP contribution is 2.11. The van der Waals surface area contributed by atoms with Crippen molar-refractivity contribution < 1.29 is 0 Å². The summed E-state index contributed by atoms with van der Waals surface area (Å²) in [5.41, 5.74) is 2.33. The number of hydrogen-bond donors (Lipinski definition) is 1. The van der Waals surface area contributed by atoms with Crippen molar-refractivity contribution >= 4 is 5.82 Å². The summed E-state index contributed by atoms with van der Waals surface area (Å²) in [5, 5.41) is 7.35. The maximum absolute atomic E-state index is 4.35. The van der Waals surface area contributed by atoms with Crippen molar-refractivity contribution in [2.24, 2.45) is 0 Å². The molecule has 0 saturated carbocycles. The Hall–Kier alpha value is -1.77. The highest BCUT2D eigenvalue weighted by molar-refractivity contribution is 5.38. The number of aryl methyl sites for hydroxylation is 1. The molecule has 0 bridgehead atoms. The van der Waals surface area contributed by atoms with Crippen LogP contribution in [0.5, 0.6) is 0 Å². The summed E-state index contributed by atoms with van der Waals surface area (Å²) in [6, 6.07) is 10.2. The monoisotopic (exact) mass is 187 g/mol. The molecule has 0 amide bonds. The first kappa shape index (κ1) is 8.81. The Bertz CT molecular complexity index is 432. The number of benzene rings is 1. The van der Waals surface area contributed by atoms with Crippen molar-refractivity contribution in [1.82, 2.24) is 9.78 Å². The van der Waals surface area contributed by atoms with E-state index in [0.717, 1.165) is 11.5 Å². The van der Waals surface area contributed by atoms with E-state index in [9.17, 15) is 0 Å². The molecule has 0 radical (unpaired) electrons. The standard InChI is InChI=1S/C11H13N3/c1-9-4-3-5-10(8-9)14-7-6-11(12-2)13-14/h3-8H,1-2H3,(H,12,13). The van der Waals surface area contributed by atoms with Crippen molar-refractivity contribution in [2.45, 2.75) is 6.92 Å². The topological polar surface area (TPSA) is 29.9 Å². The minimum Gasteiger partial charge on any atom is -0.372 e. The Morgan fingerprint density at radius 1 is 1.29 bits per heavy atom. The first-order valence-corrected chi connectivity index (χ1v) is 4.60. The zero-order chi connectivity index (χ0) is 9.97. The van der Waals surface area contributed by atoms with Gasteiger partial charge in [-0.05, 0) is 24.6 Å². The van der Waals surface area contributed by atoms with Crippen LogP contribution in [0.2, 0.25) is 0 Å². The molecule has 0 atom stereocenters. The van der Waals surface area contributed by atoms with Crippen LogP contribution in [0.25, 0.3) is 5.69 Å². The van der Waals surface area contributed by atoms with E-state index >= 15 is 0 Å². The van der Waals surface area contributed by atoms with E-state index in [1.54, 1.807) is 0 Å². The molecule has 3 heteroatoms. The van der Waals surface area contributed by atoms with Crippen LogP contribution in [0.4, 0.5) is 5.82 Å². The summed E-state index contributed by atoms with van der Waals surface area (Å²) in [6.07, 6.45) is 1.95. The summed E-state index contributed by atoms with van der Waals surface area (Å²) >= 11 is 0. The van der Waals surface area contributed by atoms with Crippen molar-refractivity contribution in [3.63, 3.8) is 0 Å². The molecule has 1 heterocycles. The molecule has 0 aliphatic rings. The molecular formula is C11H13N3. The van der Waals surface area contributed by atoms with Gasteiger partial charge in [0.2, 0.25) is 0 Å². The second-order valence-corrected chi connectivity index (χ2v) is 3.23. The van der Waals surface area contributed by atoms with E-state index in [1.165, 1.54) is 5.56 Å². The summed E-state index contributed by atoms with van der Waals surface area (Å²) in [4.78, 5) is 0. The summed E-state index contributed by atoms with van der Waals surface area (Å²) in [7, 11) is 1.86. The van der Waals surface area contributed by atoms with Crippen LogP contribution < -0.4 is 5.32 Å². The van der Waals surface area contributed by atoms with Gasteiger partial charge in [-0.15, -0.1) is 0 Å². The fourth-order valence-corrected chi connectivity index (χ4v) is 1.37. The Balaban J connectivity index is 2.39. The molecule has 0 unspecified atom stereocenters. The van der Waals surface area contributed by atoms with E-state index in [-0.39, 0.29) is 0 Å². The van der Waals surface area contributed by atoms with Gasteiger partial charge in [-0.1, -0.05) is 12.1 Å². The van der Waals surface area contributed by atoms with E-state index < -0.39 is 0 Å². The summed E-state index contributed by atoms with van der Waals surface area (Å²) in [6.45, 7) is 2.08. The lowest BCUT2D eigenvalue weighted by Gasteiger charge is -2.01. The minimum atomic E-state index is 0.881. The Kier molecular flexibility index (Phi) is 2.23. The van der Waals surface area contributed by atoms with E-state index in [4.69, 9.17) is 0 Å². The van der Waals surface area contributed by atoms with Gasteiger partial charge < -0.3 is 5.32 Å². The number of nitrogens with one attached hydrogen (secondary N) is 1. The molecule has 14 heavy (non-hydrogen) atoms. The maximum Gasteiger partial charge on any atom is 0.148 e. The molecule has 2 aromatic rings. The number of anilines is 1. The zero-order valence-corrected chi connectivity index (χ0v) is 8.36. The van der Waals surface area contributed by atoms with E-state index in [2.05, 4.69) is 29.5 Å².